The summed E-state index contributed by atoms with van der Waals surface area (Å²) in [6.07, 6.45) is 0.596. The van der Waals surface area contributed by atoms with Gasteiger partial charge in [-0.2, -0.15) is 0 Å². The summed E-state index contributed by atoms with van der Waals surface area (Å²) >= 11 is 0. The van der Waals surface area contributed by atoms with Crippen molar-refractivity contribution in [3.63, 3.8) is 0 Å². The quantitative estimate of drug-likeness (QED) is 0.546. The average molecular weight is 162 g/mol. The molecular formula is C3H9KNO2S. The summed E-state index contributed by atoms with van der Waals surface area (Å²) in [4.78, 5) is 0. The van der Waals surface area contributed by atoms with Crippen LogP contribution in [-0.2, 0) is 10.0 Å². The zero-order valence-corrected chi connectivity index (χ0v) is 9.16. The van der Waals surface area contributed by atoms with Crippen LogP contribution in [0.4, 0.5) is 0 Å². The summed E-state index contributed by atoms with van der Waals surface area (Å²) in [6.45, 7) is 1.77. The fraction of sp³-hybridized carbons (Fsp3) is 1.00. The molecule has 0 saturated heterocycles. The maximum Gasteiger partial charge on any atom is 0.209 e. The molecule has 0 aliphatic heterocycles. The second-order valence-electron chi connectivity index (χ2n) is 1.37. The predicted molar refractivity (Wildman–Crippen MR) is 34.0 cm³/mol. The van der Waals surface area contributed by atoms with E-state index in [0.29, 0.717) is 6.42 Å². The smallest absolute Gasteiger partial charge is 0.209 e. The molecule has 3 nitrogen and oxygen atoms in total. The first-order valence-corrected chi connectivity index (χ1v) is 3.78. The van der Waals surface area contributed by atoms with E-state index < -0.39 is 10.0 Å². The van der Waals surface area contributed by atoms with Gasteiger partial charge in [0.05, 0.1) is 5.75 Å². The van der Waals surface area contributed by atoms with Gasteiger partial charge in [-0.05, 0) is 6.42 Å². The summed E-state index contributed by atoms with van der Waals surface area (Å²) in [5.74, 6) is 0.0903. The van der Waals surface area contributed by atoms with Crippen molar-refractivity contribution >= 4 is 61.4 Å². The molecule has 0 amide bonds. The third kappa shape index (κ3) is 10.5. The Morgan fingerprint density at radius 3 is 1.88 bits per heavy atom. The SMILES string of the molecule is CCCS(N)(=O)=O.[K]. The van der Waals surface area contributed by atoms with Gasteiger partial charge in [-0.25, -0.2) is 13.6 Å². The summed E-state index contributed by atoms with van der Waals surface area (Å²) < 4.78 is 20.0. The van der Waals surface area contributed by atoms with E-state index in [-0.39, 0.29) is 57.1 Å². The molecule has 5 heteroatoms. The molecule has 1 radical (unpaired) electrons. The zero-order valence-electron chi connectivity index (χ0n) is 5.22. The van der Waals surface area contributed by atoms with E-state index in [1.165, 1.54) is 0 Å². The molecule has 45 valence electrons. The van der Waals surface area contributed by atoms with Gasteiger partial charge in [0.1, 0.15) is 0 Å². The summed E-state index contributed by atoms with van der Waals surface area (Å²) in [7, 11) is -3.17. The maximum absolute atomic E-state index is 10.0. The standard InChI is InChI=1S/C3H9NO2S.K/c1-2-3-7(4,5)6;/h2-3H2,1H3,(H2,4,5,6);. The van der Waals surface area contributed by atoms with E-state index in [2.05, 4.69) is 5.14 Å². The second-order valence-corrected chi connectivity index (χ2v) is 3.10. The van der Waals surface area contributed by atoms with Crippen LogP contribution in [0, 0.1) is 0 Å². The van der Waals surface area contributed by atoms with Crippen molar-refractivity contribution < 1.29 is 8.42 Å². The first kappa shape index (κ1) is 12.2. The van der Waals surface area contributed by atoms with Gasteiger partial charge in [0.2, 0.25) is 10.0 Å². The minimum absolute atomic E-state index is 0. The van der Waals surface area contributed by atoms with Gasteiger partial charge >= 0.3 is 0 Å². The molecule has 0 heterocycles. The summed E-state index contributed by atoms with van der Waals surface area (Å²) in [5.41, 5.74) is 0. The molecule has 0 aromatic rings. The number of rotatable bonds is 2. The van der Waals surface area contributed by atoms with Crippen molar-refractivity contribution in [3.8, 4) is 0 Å². The van der Waals surface area contributed by atoms with Crippen LogP contribution in [0.3, 0.4) is 0 Å². The fourth-order valence-electron chi connectivity index (χ4n) is 0.285. The van der Waals surface area contributed by atoms with Crippen LogP contribution in [0.15, 0.2) is 0 Å². The normalized spacial score (nSPS) is 10.2. The van der Waals surface area contributed by atoms with Crippen LogP contribution in [0.25, 0.3) is 0 Å². The third-order valence-corrected chi connectivity index (χ3v) is 1.47. The first-order chi connectivity index (χ1) is 3.06. The van der Waals surface area contributed by atoms with Gasteiger partial charge in [0.25, 0.3) is 0 Å². The van der Waals surface area contributed by atoms with Crippen molar-refractivity contribution in [2.75, 3.05) is 5.75 Å². The van der Waals surface area contributed by atoms with E-state index >= 15 is 0 Å². The molecule has 2 N–H and O–H groups in total. The molecule has 0 saturated carbocycles. The molecule has 0 aliphatic rings. The molecule has 0 rings (SSSR count). The Morgan fingerprint density at radius 1 is 1.50 bits per heavy atom. The van der Waals surface area contributed by atoms with Gasteiger partial charge in [-0.1, -0.05) is 6.92 Å². The minimum Gasteiger partial charge on any atom is -0.229 e. The minimum atomic E-state index is -3.17. The molecule has 0 fully saturated rings. The third-order valence-electron chi connectivity index (χ3n) is 0.489. The number of hydrogen-bond acceptors (Lipinski definition) is 2. The zero-order chi connectivity index (χ0) is 5.91. The maximum atomic E-state index is 10.0. The van der Waals surface area contributed by atoms with Gasteiger partial charge in [0, 0.05) is 51.4 Å². The van der Waals surface area contributed by atoms with Crippen molar-refractivity contribution in [2.24, 2.45) is 5.14 Å². The van der Waals surface area contributed by atoms with E-state index in [1.807, 2.05) is 0 Å². The fourth-order valence-corrected chi connectivity index (χ4v) is 0.854. The van der Waals surface area contributed by atoms with Crippen LogP contribution in [0.5, 0.6) is 0 Å². The Bertz CT molecular complexity index is 130. The van der Waals surface area contributed by atoms with Crippen molar-refractivity contribution in [1.82, 2.24) is 0 Å². The number of primary sulfonamides is 1. The Morgan fingerprint density at radius 2 is 1.88 bits per heavy atom. The van der Waals surface area contributed by atoms with Crippen LogP contribution in [0.2, 0.25) is 0 Å². The molecule has 0 spiro atoms. The molecule has 0 atom stereocenters. The van der Waals surface area contributed by atoms with Crippen LogP contribution in [-0.4, -0.2) is 65.6 Å². The van der Waals surface area contributed by atoms with E-state index in [9.17, 15) is 8.42 Å². The number of nitrogens with two attached hydrogens (primary N) is 1. The van der Waals surface area contributed by atoms with Crippen molar-refractivity contribution in [2.45, 2.75) is 13.3 Å². The Labute approximate surface area is 92.5 Å². The van der Waals surface area contributed by atoms with Crippen molar-refractivity contribution in [1.29, 1.82) is 0 Å². The summed E-state index contributed by atoms with van der Waals surface area (Å²) in [5, 5.41) is 4.62. The number of hydrogen-bond donors (Lipinski definition) is 1. The molecular weight excluding hydrogens is 153 g/mol. The van der Waals surface area contributed by atoms with E-state index in [1.54, 1.807) is 6.92 Å². The molecule has 0 aliphatic carbocycles. The second kappa shape index (κ2) is 5.34. The van der Waals surface area contributed by atoms with Gasteiger partial charge in [0.15, 0.2) is 0 Å². The predicted octanol–water partition coefficient (Wildman–Crippen LogP) is -0.696. The topological polar surface area (TPSA) is 60.2 Å². The van der Waals surface area contributed by atoms with Crippen LogP contribution >= 0.6 is 0 Å². The largest absolute Gasteiger partial charge is 0.229 e. The molecule has 0 unspecified atom stereocenters. The molecule has 8 heavy (non-hydrogen) atoms. The van der Waals surface area contributed by atoms with Gasteiger partial charge < -0.3 is 0 Å². The summed E-state index contributed by atoms with van der Waals surface area (Å²) in [6, 6.07) is 0. The van der Waals surface area contributed by atoms with Crippen LogP contribution < -0.4 is 5.14 Å². The monoisotopic (exact) mass is 162 g/mol. The van der Waals surface area contributed by atoms with E-state index in [0.717, 1.165) is 0 Å². The molecule has 0 aromatic heterocycles. The van der Waals surface area contributed by atoms with Crippen molar-refractivity contribution in [3.05, 3.63) is 0 Å². The average Bonchev–Trinajstić information content (AvgIpc) is 1.30. The Kier molecular flexibility index (Phi) is 8.17. The van der Waals surface area contributed by atoms with Crippen LogP contribution in [0.1, 0.15) is 13.3 Å². The molecule has 0 aromatic carbocycles. The van der Waals surface area contributed by atoms with E-state index in [4.69, 9.17) is 0 Å². The van der Waals surface area contributed by atoms with Gasteiger partial charge in [-0.3, -0.25) is 0 Å². The Balaban J connectivity index is 0. The number of sulfonamides is 1. The molecule has 0 bridgehead atoms. The Hall–Kier alpha value is 1.55. The first-order valence-electron chi connectivity index (χ1n) is 2.06. The van der Waals surface area contributed by atoms with Gasteiger partial charge in [-0.15, -0.1) is 0 Å².